The van der Waals surface area contributed by atoms with Gasteiger partial charge in [-0.15, -0.1) is 0 Å². The maximum atomic E-state index is 12.8. The molecule has 0 aromatic carbocycles. The van der Waals surface area contributed by atoms with Crippen LogP contribution in [0.5, 0.6) is 5.75 Å². The second-order valence-corrected chi connectivity index (χ2v) is 4.81. The molecule has 0 saturated carbocycles. The third kappa shape index (κ3) is 3.38. The second-order valence-electron chi connectivity index (χ2n) is 2.51. The quantitative estimate of drug-likeness (QED) is 0.536. The molecule has 0 aliphatic rings. The molecule has 0 aliphatic carbocycles. The van der Waals surface area contributed by atoms with E-state index in [4.69, 9.17) is 11.6 Å². The number of halogens is 7. The van der Waals surface area contributed by atoms with Gasteiger partial charge in [-0.05, 0) is 31.9 Å². The Morgan fingerprint density at radius 1 is 1.38 bits per heavy atom. The molecule has 9 heteroatoms. The van der Waals surface area contributed by atoms with E-state index in [0.717, 1.165) is 6.07 Å². The standard InChI is InChI=1S/C7H2Br2Cl2F3NO/c8-4-2(10)1-3(5(9)15-4)16-7(13,14)6(11)12/h1,6H. The van der Waals surface area contributed by atoms with Gasteiger partial charge in [-0.1, -0.05) is 23.2 Å². The smallest absolute Gasteiger partial charge is 0.426 e. The van der Waals surface area contributed by atoms with Gasteiger partial charge in [0, 0.05) is 6.07 Å². The van der Waals surface area contributed by atoms with E-state index in [0.29, 0.717) is 0 Å². The molecular weight excluding hydrogens is 402 g/mol. The van der Waals surface area contributed by atoms with Crippen molar-refractivity contribution in [3.63, 3.8) is 0 Å². The second kappa shape index (κ2) is 5.29. The van der Waals surface area contributed by atoms with E-state index in [9.17, 15) is 13.2 Å². The lowest BCUT2D eigenvalue weighted by Gasteiger charge is -2.18. The van der Waals surface area contributed by atoms with Gasteiger partial charge in [-0.25, -0.2) is 9.37 Å². The van der Waals surface area contributed by atoms with E-state index >= 15 is 0 Å². The van der Waals surface area contributed by atoms with E-state index in [-0.39, 0.29) is 14.2 Å². The molecule has 0 radical (unpaired) electrons. The highest BCUT2D eigenvalue weighted by molar-refractivity contribution is 9.11. The molecule has 0 spiro atoms. The van der Waals surface area contributed by atoms with E-state index < -0.39 is 17.5 Å². The lowest BCUT2D eigenvalue weighted by atomic mass is 10.4. The Morgan fingerprint density at radius 2 is 1.94 bits per heavy atom. The van der Waals surface area contributed by atoms with Gasteiger partial charge in [-0.3, -0.25) is 0 Å². The zero-order valence-corrected chi connectivity index (χ0v) is 11.8. The summed E-state index contributed by atoms with van der Waals surface area (Å²) in [4.78, 5) is 3.69. The van der Waals surface area contributed by atoms with Crippen molar-refractivity contribution in [2.75, 3.05) is 0 Å². The first kappa shape index (κ1) is 14.3. The minimum Gasteiger partial charge on any atom is -0.426 e. The third-order valence-corrected chi connectivity index (χ3v) is 3.30. The average Bonchev–Trinajstić information content (AvgIpc) is 2.13. The summed E-state index contributed by atoms with van der Waals surface area (Å²) in [6, 6.07) is 1.05. The Balaban J connectivity index is 3.02. The third-order valence-electron chi connectivity index (χ3n) is 1.35. The molecule has 1 rings (SSSR count). The van der Waals surface area contributed by atoms with Gasteiger partial charge in [0.25, 0.3) is 5.63 Å². The Labute approximate surface area is 115 Å². The maximum absolute atomic E-state index is 12.8. The first-order valence-electron chi connectivity index (χ1n) is 3.60. The lowest BCUT2D eigenvalue weighted by Crippen LogP contribution is -2.33. The predicted octanol–water partition coefficient (Wildman–Crippen LogP) is 4.77. The summed E-state index contributed by atoms with van der Waals surface area (Å²) in [5, 5.41) is 0.0407. The van der Waals surface area contributed by atoms with Crippen LogP contribution in [0.2, 0.25) is 5.02 Å². The molecule has 0 N–H and O–H groups in total. The van der Waals surface area contributed by atoms with E-state index in [2.05, 4.69) is 53.2 Å². The highest BCUT2D eigenvalue weighted by Crippen LogP contribution is 2.36. The van der Waals surface area contributed by atoms with Crippen LogP contribution in [0, 0.1) is 0 Å². The summed E-state index contributed by atoms with van der Waals surface area (Å²) in [6.45, 7) is 0. The SMILES string of the molecule is FC(Cl)C(F)(F)Oc1cc(Cl)c(Br)nc1Br. The number of alkyl halides is 4. The summed E-state index contributed by atoms with van der Waals surface area (Å²) < 4.78 is 42.2. The van der Waals surface area contributed by atoms with Crippen LogP contribution in [0.15, 0.2) is 15.3 Å². The monoisotopic (exact) mass is 401 g/mol. The highest BCUT2D eigenvalue weighted by Gasteiger charge is 2.42. The van der Waals surface area contributed by atoms with Crippen molar-refractivity contribution in [2.45, 2.75) is 11.7 Å². The Bertz CT molecular complexity index is 405. The molecule has 1 atom stereocenters. The summed E-state index contributed by atoms with van der Waals surface area (Å²) in [6.07, 6.45) is -4.16. The van der Waals surface area contributed by atoms with Crippen molar-refractivity contribution in [3.8, 4) is 5.75 Å². The Hall–Kier alpha value is 0.280. The van der Waals surface area contributed by atoms with Gasteiger partial charge in [0.1, 0.15) is 9.21 Å². The van der Waals surface area contributed by atoms with Crippen LogP contribution in [-0.4, -0.2) is 16.7 Å². The Kier molecular flexibility index (Phi) is 4.74. The topological polar surface area (TPSA) is 22.1 Å². The van der Waals surface area contributed by atoms with Crippen LogP contribution in [0.25, 0.3) is 0 Å². The normalized spacial score (nSPS) is 13.7. The van der Waals surface area contributed by atoms with E-state index in [1.807, 2.05) is 0 Å². The largest absolute Gasteiger partial charge is 0.444 e. The summed E-state index contributed by atoms with van der Waals surface area (Å²) in [7, 11) is 0. The van der Waals surface area contributed by atoms with Gasteiger partial charge in [0.05, 0.1) is 5.02 Å². The summed E-state index contributed by atoms with van der Waals surface area (Å²) in [5.74, 6) is -0.415. The number of pyridine rings is 1. The minimum atomic E-state index is -4.16. The number of aromatic nitrogens is 1. The fraction of sp³-hybridized carbons (Fsp3) is 0.286. The number of ether oxygens (including phenoxy) is 1. The van der Waals surface area contributed by atoms with Gasteiger partial charge >= 0.3 is 6.11 Å². The molecule has 1 unspecified atom stereocenters. The van der Waals surface area contributed by atoms with Crippen molar-refractivity contribution in [1.29, 1.82) is 0 Å². The fourth-order valence-electron chi connectivity index (χ4n) is 0.692. The van der Waals surface area contributed by atoms with Crippen molar-refractivity contribution >= 4 is 55.1 Å². The fourth-order valence-corrected chi connectivity index (χ4v) is 1.78. The Morgan fingerprint density at radius 3 is 2.44 bits per heavy atom. The first-order chi connectivity index (χ1) is 7.24. The van der Waals surface area contributed by atoms with Crippen LogP contribution < -0.4 is 4.74 Å². The molecule has 1 aromatic heterocycles. The molecule has 0 fully saturated rings. The number of rotatable bonds is 3. The van der Waals surface area contributed by atoms with Crippen LogP contribution >= 0.6 is 55.1 Å². The van der Waals surface area contributed by atoms with E-state index in [1.165, 1.54) is 0 Å². The van der Waals surface area contributed by atoms with Crippen LogP contribution in [0.3, 0.4) is 0 Å². The molecule has 1 aromatic rings. The van der Waals surface area contributed by atoms with Crippen molar-refractivity contribution < 1.29 is 17.9 Å². The number of hydrogen-bond donors (Lipinski definition) is 0. The maximum Gasteiger partial charge on any atom is 0.444 e. The van der Waals surface area contributed by atoms with Crippen molar-refractivity contribution in [2.24, 2.45) is 0 Å². The summed E-state index contributed by atoms with van der Waals surface area (Å²) in [5.41, 5.74) is -2.97. The molecule has 0 amide bonds. The van der Waals surface area contributed by atoms with Crippen LogP contribution in [0.4, 0.5) is 13.2 Å². The average molecular weight is 404 g/mol. The predicted molar refractivity (Wildman–Crippen MR) is 61.0 cm³/mol. The molecular formula is C7H2Br2Cl2F3NO. The number of nitrogens with zero attached hydrogens (tertiary/aromatic N) is 1. The van der Waals surface area contributed by atoms with Gasteiger partial charge in [0.2, 0.25) is 0 Å². The van der Waals surface area contributed by atoms with Crippen molar-refractivity contribution in [1.82, 2.24) is 4.98 Å². The first-order valence-corrected chi connectivity index (χ1v) is 6.00. The summed E-state index contributed by atoms with van der Waals surface area (Å²) >= 11 is 16.1. The van der Waals surface area contributed by atoms with E-state index in [1.54, 1.807) is 0 Å². The van der Waals surface area contributed by atoms with Gasteiger partial charge in [0.15, 0.2) is 5.75 Å². The van der Waals surface area contributed by atoms with Crippen molar-refractivity contribution in [3.05, 3.63) is 20.3 Å². The highest BCUT2D eigenvalue weighted by atomic mass is 79.9. The molecule has 2 nitrogen and oxygen atoms in total. The minimum absolute atomic E-state index is 0.0407. The molecule has 0 saturated heterocycles. The molecule has 0 bridgehead atoms. The lowest BCUT2D eigenvalue weighted by molar-refractivity contribution is -0.199. The molecule has 0 aliphatic heterocycles. The zero-order valence-electron chi connectivity index (χ0n) is 7.16. The van der Waals surface area contributed by atoms with Gasteiger partial charge in [-0.2, -0.15) is 8.78 Å². The zero-order chi connectivity index (χ0) is 12.5. The molecule has 1 heterocycles. The number of hydrogen-bond acceptors (Lipinski definition) is 2. The van der Waals surface area contributed by atoms with Gasteiger partial charge < -0.3 is 4.74 Å². The van der Waals surface area contributed by atoms with Crippen LogP contribution in [-0.2, 0) is 0 Å². The molecule has 90 valence electrons. The van der Waals surface area contributed by atoms with Crippen LogP contribution in [0.1, 0.15) is 0 Å². The molecule has 16 heavy (non-hydrogen) atoms.